The van der Waals surface area contributed by atoms with E-state index in [-0.39, 0.29) is 5.91 Å². The van der Waals surface area contributed by atoms with Gasteiger partial charge in [-0.2, -0.15) is 0 Å². The van der Waals surface area contributed by atoms with Crippen molar-refractivity contribution in [1.82, 2.24) is 15.2 Å². The molecule has 1 aromatic carbocycles. The van der Waals surface area contributed by atoms with Crippen molar-refractivity contribution in [3.63, 3.8) is 0 Å². The summed E-state index contributed by atoms with van der Waals surface area (Å²) in [6, 6.07) is 12.8. The van der Waals surface area contributed by atoms with Crippen LogP contribution in [-0.2, 0) is 17.8 Å². The molecule has 26 heavy (non-hydrogen) atoms. The molecule has 0 bridgehead atoms. The van der Waals surface area contributed by atoms with Gasteiger partial charge in [-0.1, -0.05) is 44.2 Å². The quantitative estimate of drug-likeness (QED) is 0.814. The summed E-state index contributed by atoms with van der Waals surface area (Å²) in [6.07, 6.45) is 7.92. The molecule has 1 aliphatic rings. The topological polar surface area (TPSA) is 45.2 Å². The van der Waals surface area contributed by atoms with Crippen molar-refractivity contribution in [2.45, 2.75) is 32.9 Å². The summed E-state index contributed by atoms with van der Waals surface area (Å²) in [4.78, 5) is 18.7. The first-order chi connectivity index (χ1) is 12.6. The highest BCUT2D eigenvalue weighted by Gasteiger charge is 2.25. The van der Waals surface area contributed by atoms with Gasteiger partial charge < -0.3 is 5.32 Å². The highest BCUT2D eigenvalue weighted by Crippen LogP contribution is 2.22. The zero-order valence-corrected chi connectivity index (χ0v) is 15.6. The Morgan fingerprint density at radius 1 is 1.23 bits per heavy atom. The van der Waals surface area contributed by atoms with Crippen molar-refractivity contribution in [3.05, 3.63) is 71.6 Å². The molecule has 0 radical (unpaired) electrons. The lowest BCUT2D eigenvalue weighted by molar-refractivity contribution is -0.116. The zero-order valence-electron chi connectivity index (χ0n) is 15.6. The Morgan fingerprint density at radius 2 is 2.04 bits per heavy atom. The number of pyridine rings is 1. The highest BCUT2D eigenvalue weighted by atomic mass is 16.1. The second kappa shape index (κ2) is 8.77. The number of nitrogens with zero attached hydrogens (tertiary/aromatic N) is 2. The fraction of sp³-hybridized carbons (Fsp3) is 0.364. The third-order valence-corrected chi connectivity index (χ3v) is 5.00. The van der Waals surface area contributed by atoms with Gasteiger partial charge in [0.1, 0.15) is 0 Å². The molecule has 1 aromatic heterocycles. The molecule has 0 aliphatic carbocycles. The van der Waals surface area contributed by atoms with Crippen LogP contribution in [0.3, 0.4) is 0 Å². The van der Waals surface area contributed by atoms with Gasteiger partial charge in [0, 0.05) is 44.1 Å². The van der Waals surface area contributed by atoms with E-state index in [1.165, 1.54) is 11.1 Å². The number of benzene rings is 1. The van der Waals surface area contributed by atoms with Crippen molar-refractivity contribution >= 4 is 12.0 Å². The summed E-state index contributed by atoms with van der Waals surface area (Å²) in [6.45, 7) is 7.11. The molecule has 1 aliphatic heterocycles. The number of carbonyl (C=O) groups is 1. The predicted molar refractivity (Wildman–Crippen MR) is 105 cm³/mol. The van der Waals surface area contributed by atoms with E-state index in [4.69, 9.17) is 0 Å². The minimum absolute atomic E-state index is 0.0584. The Balaban J connectivity index is 1.57. The molecule has 0 saturated carbocycles. The van der Waals surface area contributed by atoms with Crippen molar-refractivity contribution in [1.29, 1.82) is 0 Å². The van der Waals surface area contributed by atoms with Crippen LogP contribution in [0.4, 0.5) is 0 Å². The molecule has 1 N–H and O–H groups in total. The van der Waals surface area contributed by atoms with Crippen LogP contribution >= 0.6 is 0 Å². The van der Waals surface area contributed by atoms with Gasteiger partial charge in [-0.3, -0.25) is 14.7 Å². The molecule has 1 atom stereocenters. The van der Waals surface area contributed by atoms with Crippen LogP contribution in [0.2, 0.25) is 0 Å². The van der Waals surface area contributed by atoms with E-state index in [0.717, 1.165) is 25.1 Å². The Bertz CT molecular complexity index is 755. The van der Waals surface area contributed by atoms with Crippen molar-refractivity contribution in [2.75, 3.05) is 13.1 Å². The lowest BCUT2D eigenvalue weighted by atomic mass is 9.95. The SMILES string of the molecule is CC(C)C(CNC(=O)C=Cc1cccnc1)N1CCc2ccccc2C1. The minimum atomic E-state index is -0.0584. The number of amides is 1. The lowest BCUT2D eigenvalue weighted by Crippen LogP contribution is -2.48. The summed E-state index contributed by atoms with van der Waals surface area (Å²) >= 11 is 0. The maximum atomic E-state index is 12.2. The van der Waals surface area contributed by atoms with Crippen molar-refractivity contribution < 1.29 is 4.79 Å². The van der Waals surface area contributed by atoms with E-state index in [2.05, 4.69) is 53.3 Å². The van der Waals surface area contributed by atoms with Crippen LogP contribution in [0.1, 0.15) is 30.5 Å². The molecule has 4 nitrogen and oxygen atoms in total. The van der Waals surface area contributed by atoms with Crippen LogP contribution in [0.15, 0.2) is 54.9 Å². The monoisotopic (exact) mass is 349 g/mol. The molecule has 0 spiro atoms. The fourth-order valence-corrected chi connectivity index (χ4v) is 3.50. The maximum absolute atomic E-state index is 12.2. The van der Waals surface area contributed by atoms with E-state index in [9.17, 15) is 4.79 Å². The predicted octanol–water partition coefficient (Wildman–Crippen LogP) is 3.29. The molecular weight excluding hydrogens is 322 g/mol. The van der Waals surface area contributed by atoms with E-state index in [0.29, 0.717) is 18.5 Å². The van der Waals surface area contributed by atoms with Crippen molar-refractivity contribution in [3.8, 4) is 0 Å². The summed E-state index contributed by atoms with van der Waals surface area (Å²) in [5.74, 6) is 0.416. The summed E-state index contributed by atoms with van der Waals surface area (Å²) in [5.41, 5.74) is 3.79. The highest BCUT2D eigenvalue weighted by molar-refractivity contribution is 5.91. The van der Waals surface area contributed by atoms with Crippen molar-refractivity contribution in [2.24, 2.45) is 5.92 Å². The average Bonchev–Trinajstić information content (AvgIpc) is 2.67. The maximum Gasteiger partial charge on any atom is 0.244 e. The molecule has 1 unspecified atom stereocenters. The van der Waals surface area contributed by atoms with Gasteiger partial charge in [-0.25, -0.2) is 0 Å². The molecule has 2 heterocycles. The fourth-order valence-electron chi connectivity index (χ4n) is 3.50. The second-order valence-corrected chi connectivity index (χ2v) is 7.17. The largest absolute Gasteiger partial charge is 0.351 e. The summed E-state index contributed by atoms with van der Waals surface area (Å²) in [5, 5.41) is 3.07. The smallest absolute Gasteiger partial charge is 0.244 e. The van der Waals surface area contributed by atoms with Gasteiger partial charge in [-0.15, -0.1) is 0 Å². The van der Waals surface area contributed by atoms with E-state index in [1.807, 2.05) is 12.1 Å². The zero-order chi connectivity index (χ0) is 18.4. The standard InChI is InChI=1S/C22H27N3O/c1-17(2)21(25-13-11-19-7-3-4-8-20(19)16-25)15-24-22(26)10-9-18-6-5-12-23-14-18/h3-10,12,14,17,21H,11,13,15-16H2,1-2H3,(H,24,26). The number of rotatable bonds is 6. The number of fused-ring (bicyclic) bond motifs is 1. The Hall–Kier alpha value is -2.46. The second-order valence-electron chi connectivity index (χ2n) is 7.17. The van der Waals surface area contributed by atoms with Gasteiger partial charge >= 0.3 is 0 Å². The Morgan fingerprint density at radius 3 is 2.77 bits per heavy atom. The number of hydrogen-bond donors (Lipinski definition) is 1. The molecular formula is C22H27N3O. The van der Waals surface area contributed by atoms with Gasteiger partial charge in [0.2, 0.25) is 5.91 Å². The van der Waals surface area contributed by atoms with Crippen LogP contribution in [0, 0.1) is 5.92 Å². The normalized spacial score (nSPS) is 15.8. The molecule has 1 amide bonds. The molecule has 3 rings (SSSR count). The average molecular weight is 349 g/mol. The van der Waals surface area contributed by atoms with Crippen LogP contribution < -0.4 is 5.32 Å². The third kappa shape index (κ3) is 4.79. The summed E-state index contributed by atoms with van der Waals surface area (Å²) in [7, 11) is 0. The van der Waals surface area contributed by atoms with E-state index in [1.54, 1.807) is 24.5 Å². The van der Waals surface area contributed by atoms with E-state index < -0.39 is 0 Å². The minimum Gasteiger partial charge on any atom is -0.351 e. The number of aromatic nitrogens is 1. The van der Waals surface area contributed by atoms with Gasteiger partial charge in [-0.05, 0) is 41.2 Å². The number of nitrogens with one attached hydrogen (secondary N) is 1. The van der Waals surface area contributed by atoms with Crippen LogP contribution in [-0.4, -0.2) is 34.9 Å². The summed E-state index contributed by atoms with van der Waals surface area (Å²) < 4.78 is 0. The Labute approximate surface area is 155 Å². The van der Waals surface area contributed by atoms with Crippen LogP contribution in [0.5, 0.6) is 0 Å². The first kappa shape index (κ1) is 18.3. The number of carbonyl (C=O) groups excluding carboxylic acids is 1. The first-order valence-corrected chi connectivity index (χ1v) is 9.30. The Kier molecular flexibility index (Phi) is 6.18. The number of hydrogen-bond acceptors (Lipinski definition) is 3. The molecule has 136 valence electrons. The lowest BCUT2D eigenvalue weighted by Gasteiger charge is -2.37. The molecule has 0 fully saturated rings. The molecule has 0 saturated heterocycles. The van der Waals surface area contributed by atoms with Gasteiger partial charge in [0.05, 0.1) is 0 Å². The van der Waals surface area contributed by atoms with E-state index >= 15 is 0 Å². The van der Waals surface area contributed by atoms with Gasteiger partial charge in [0.15, 0.2) is 0 Å². The molecule has 2 aromatic rings. The first-order valence-electron chi connectivity index (χ1n) is 9.30. The molecule has 4 heteroatoms. The third-order valence-electron chi connectivity index (χ3n) is 5.00. The van der Waals surface area contributed by atoms with Crippen LogP contribution in [0.25, 0.3) is 6.08 Å². The van der Waals surface area contributed by atoms with Gasteiger partial charge in [0.25, 0.3) is 0 Å².